The van der Waals surface area contributed by atoms with E-state index in [1.807, 2.05) is 0 Å². The second-order valence-electron chi connectivity index (χ2n) is 3.63. The van der Waals surface area contributed by atoms with Crippen molar-refractivity contribution < 1.29 is 14.8 Å². The largest absolute Gasteiger partial charge is 0.264 e. The molecule has 0 amide bonds. The summed E-state index contributed by atoms with van der Waals surface area (Å²) in [7, 11) is 0. The summed E-state index contributed by atoms with van der Waals surface area (Å²) >= 11 is 0. The molecule has 0 saturated heterocycles. The van der Waals surface area contributed by atoms with Crippen LogP contribution in [0.3, 0.4) is 0 Å². The van der Waals surface area contributed by atoms with E-state index in [0.29, 0.717) is 0 Å². The molecule has 0 radical (unpaired) electrons. The molecule has 1 aromatic carbocycles. The zero-order chi connectivity index (χ0) is 13.7. The van der Waals surface area contributed by atoms with Gasteiger partial charge in [0.1, 0.15) is 0 Å². The zero-order valence-corrected chi connectivity index (χ0v) is 9.14. The van der Waals surface area contributed by atoms with Crippen LogP contribution in [0.5, 0.6) is 0 Å². The lowest BCUT2D eigenvalue weighted by Crippen LogP contribution is -2.06. The van der Waals surface area contributed by atoms with Gasteiger partial charge in [-0.2, -0.15) is 0 Å². The van der Waals surface area contributed by atoms with E-state index >= 15 is 0 Å². The first-order valence-electron chi connectivity index (χ1n) is 4.84. The highest BCUT2D eigenvalue weighted by Crippen LogP contribution is 2.13. The van der Waals surface area contributed by atoms with Crippen LogP contribution < -0.4 is 0 Å². The van der Waals surface area contributed by atoms with Gasteiger partial charge in [-0.1, -0.05) is 0 Å². The molecular formula is C9H9N3O6. The Morgan fingerprint density at radius 3 is 1.06 bits per heavy atom. The first-order chi connectivity index (χ1) is 8.36. The van der Waals surface area contributed by atoms with Crippen LogP contribution >= 0.6 is 0 Å². The van der Waals surface area contributed by atoms with Crippen LogP contribution in [0.15, 0.2) is 18.2 Å². The Morgan fingerprint density at radius 2 is 0.889 bits per heavy atom. The zero-order valence-electron chi connectivity index (χ0n) is 9.14. The highest BCUT2D eigenvalue weighted by molar-refractivity contribution is 5.29. The van der Waals surface area contributed by atoms with E-state index in [-0.39, 0.29) is 16.7 Å². The van der Waals surface area contributed by atoms with Gasteiger partial charge >= 0.3 is 0 Å². The van der Waals surface area contributed by atoms with Crippen LogP contribution in [0.25, 0.3) is 0 Å². The molecule has 0 unspecified atom stereocenters. The number of nitro groups is 3. The highest BCUT2D eigenvalue weighted by Gasteiger charge is 2.12. The van der Waals surface area contributed by atoms with Gasteiger partial charge in [0.15, 0.2) is 0 Å². The van der Waals surface area contributed by atoms with E-state index in [0.717, 1.165) is 0 Å². The summed E-state index contributed by atoms with van der Waals surface area (Å²) in [5.41, 5.74) is 0.656. The summed E-state index contributed by atoms with van der Waals surface area (Å²) in [6, 6.07) is 3.94. The molecule has 0 atom stereocenters. The van der Waals surface area contributed by atoms with Crippen molar-refractivity contribution in [3.8, 4) is 0 Å². The van der Waals surface area contributed by atoms with E-state index in [4.69, 9.17) is 0 Å². The second-order valence-corrected chi connectivity index (χ2v) is 3.63. The van der Waals surface area contributed by atoms with Crippen LogP contribution in [0.4, 0.5) is 0 Å². The van der Waals surface area contributed by atoms with E-state index < -0.39 is 34.4 Å². The van der Waals surface area contributed by atoms with E-state index in [2.05, 4.69) is 0 Å². The molecule has 0 aliphatic carbocycles. The van der Waals surface area contributed by atoms with Crippen molar-refractivity contribution in [3.63, 3.8) is 0 Å². The van der Waals surface area contributed by atoms with E-state index in [1.165, 1.54) is 18.2 Å². The lowest BCUT2D eigenvalue weighted by molar-refractivity contribution is -0.499. The summed E-state index contributed by atoms with van der Waals surface area (Å²) in [6.07, 6.45) is 0. The Morgan fingerprint density at radius 1 is 0.667 bits per heavy atom. The molecule has 0 fully saturated rings. The third-order valence-corrected chi connectivity index (χ3v) is 2.05. The fraction of sp³-hybridized carbons (Fsp3) is 0.333. The van der Waals surface area contributed by atoms with Crippen LogP contribution in [-0.4, -0.2) is 14.8 Å². The predicted octanol–water partition coefficient (Wildman–Crippen LogP) is 1.02. The molecule has 0 bridgehead atoms. The number of hydrogen-bond acceptors (Lipinski definition) is 6. The van der Waals surface area contributed by atoms with Crippen LogP contribution in [0.1, 0.15) is 16.7 Å². The number of hydrogen-bond donors (Lipinski definition) is 0. The monoisotopic (exact) mass is 255 g/mol. The molecule has 1 rings (SSSR count). The molecule has 0 aromatic heterocycles. The van der Waals surface area contributed by atoms with E-state index in [9.17, 15) is 30.3 Å². The summed E-state index contributed by atoms with van der Waals surface area (Å²) < 4.78 is 0. The predicted molar refractivity (Wildman–Crippen MR) is 58.5 cm³/mol. The molecule has 0 spiro atoms. The molecule has 9 heteroatoms. The Labute approximate surface area is 100 Å². The van der Waals surface area contributed by atoms with Crippen LogP contribution in [0, 0.1) is 30.3 Å². The number of benzene rings is 1. The van der Waals surface area contributed by atoms with Crippen molar-refractivity contribution in [2.24, 2.45) is 0 Å². The summed E-state index contributed by atoms with van der Waals surface area (Å²) in [5, 5.41) is 31.1. The molecule has 96 valence electrons. The van der Waals surface area contributed by atoms with Crippen molar-refractivity contribution >= 4 is 0 Å². The molecule has 0 saturated carbocycles. The molecular weight excluding hydrogens is 246 g/mol. The van der Waals surface area contributed by atoms with Crippen LogP contribution in [-0.2, 0) is 19.6 Å². The van der Waals surface area contributed by atoms with Crippen molar-refractivity contribution in [1.82, 2.24) is 0 Å². The van der Waals surface area contributed by atoms with Crippen molar-refractivity contribution in [2.75, 3.05) is 0 Å². The normalized spacial score (nSPS) is 10.0. The minimum atomic E-state index is -0.596. The molecule has 0 aliphatic rings. The van der Waals surface area contributed by atoms with Gasteiger partial charge in [-0.15, -0.1) is 0 Å². The van der Waals surface area contributed by atoms with Gasteiger partial charge in [0.25, 0.3) is 0 Å². The molecule has 0 N–H and O–H groups in total. The maximum Gasteiger partial charge on any atom is 0.228 e. The molecule has 0 heterocycles. The fourth-order valence-corrected chi connectivity index (χ4v) is 1.56. The van der Waals surface area contributed by atoms with Crippen molar-refractivity contribution in [1.29, 1.82) is 0 Å². The van der Waals surface area contributed by atoms with Crippen molar-refractivity contribution in [2.45, 2.75) is 19.6 Å². The molecule has 1 aromatic rings. The van der Waals surface area contributed by atoms with Gasteiger partial charge in [-0.05, 0) is 18.2 Å². The van der Waals surface area contributed by atoms with Gasteiger partial charge in [-0.3, -0.25) is 30.3 Å². The number of nitrogens with zero attached hydrogens (tertiary/aromatic N) is 3. The Hall–Kier alpha value is -2.58. The lowest BCUT2D eigenvalue weighted by atomic mass is 10.1. The van der Waals surface area contributed by atoms with Crippen molar-refractivity contribution in [3.05, 3.63) is 65.2 Å². The average Bonchev–Trinajstić information content (AvgIpc) is 2.12. The fourth-order valence-electron chi connectivity index (χ4n) is 1.56. The smallest absolute Gasteiger partial charge is 0.228 e. The first kappa shape index (κ1) is 13.5. The Balaban J connectivity index is 3.06. The average molecular weight is 255 g/mol. The van der Waals surface area contributed by atoms with Gasteiger partial charge in [0, 0.05) is 31.5 Å². The van der Waals surface area contributed by atoms with E-state index in [1.54, 1.807) is 0 Å². The standard InChI is InChI=1S/C9H9N3O6/c13-10(14)4-7-1-8(5-11(15)16)3-9(2-7)6-12(17)18/h1-3H,4-6H2. The molecule has 18 heavy (non-hydrogen) atoms. The molecule has 9 nitrogen and oxygen atoms in total. The summed E-state index contributed by atoms with van der Waals surface area (Å²) in [4.78, 5) is 29.3. The third kappa shape index (κ3) is 4.51. The van der Waals surface area contributed by atoms with Gasteiger partial charge in [-0.25, -0.2) is 0 Å². The maximum atomic E-state index is 10.4. The van der Waals surface area contributed by atoms with Gasteiger partial charge < -0.3 is 0 Å². The maximum absolute atomic E-state index is 10.4. The van der Waals surface area contributed by atoms with Gasteiger partial charge in [0.05, 0.1) is 0 Å². The molecule has 0 aliphatic heterocycles. The second kappa shape index (κ2) is 5.66. The quantitative estimate of drug-likeness (QED) is 0.550. The lowest BCUT2D eigenvalue weighted by Gasteiger charge is -2.02. The van der Waals surface area contributed by atoms with Crippen LogP contribution in [0.2, 0.25) is 0 Å². The Kier molecular flexibility index (Phi) is 4.24. The topological polar surface area (TPSA) is 129 Å². The SMILES string of the molecule is O=[N+]([O-])Cc1cc(C[N+](=O)[O-])cc(C[N+](=O)[O-])c1. The minimum Gasteiger partial charge on any atom is -0.264 e. The summed E-state index contributed by atoms with van der Waals surface area (Å²) in [5.74, 6) is 0. The summed E-state index contributed by atoms with van der Waals surface area (Å²) in [6.45, 7) is -1.55. The first-order valence-corrected chi connectivity index (χ1v) is 4.84. The number of rotatable bonds is 6. The minimum absolute atomic E-state index is 0.219. The highest BCUT2D eigenvalue weighted by atomic mass is 16.6. The Bertz CT molecular complexity index is 417. The van der Waals surface area contributed by atoms with Gasteiger partial charge in [0.2, 0.25) is 19.6 Å². The third-order valence-electron chi connectivity index (χ3n) is 2.05.